The maximum atomic E-state index is 12.0. The molecule has 7 rings (SSSR count). The zero-order chi connectivity index (χ0) is 38.4. The minimum atomic E-state index is -1.74. The average Bonchev–Trinajstić information content (AvgIpc) is 3.52. The molecule has 7 aliphatic rings. The number of aliphatic hydroxyl groups is 9. The predicted molar refractivity (Wildman–Crippen MR) is 186 cm³/mol. The predicted octanol–water partition coefficient (Wildman–Crippen LogP) is 0.395. The molecule has 3 aliphatic heterocycles. The standard InChI is InChI=1S/C39H66O14/c1-17(2)8-13-39(48)18(3)25-33(53-39)29(44)26-21-7-6-19-14-20(9-11-37(19,4)22(21)10-12-38(25,26)5)49-36-34(31(46)28(43)24(16-41)51-36)52-35-32(47)30(45)27(42)23(15-40)50-35/h17-36,40-48H,6-16H2,1-5H3/t18-,19+,20-,21+,22-,23+,24+,25-,26+,27+,28-,29+,30-,31-,32+,33+,34+,35-,36+,37-,38+,39?/m0/s1. The maximum absolute atomic E-state index is 12.0. The Morgan fingerprint density at radius 2 is 1.36 bits per heavy atom. The van der Waals surface area contributed by atoms with Gasteiger partial charge in [-0.3, -0.25) is 0 Å². The van der Waals surface area contributed by atoms with E-state index in [4.69, 9.17) is 23.7 Å². The van der Waals surface area contributed by atoms with Gasteiger partial charge in [-0.25, -0.2) is 0 Å². The van der Waals surface area contributed by atoms with Crippen LogP contribution in [0.1, 0.15) is 92.4 Å². The van der Waals surface area contributed by atoms with Crippen LogP contribution < -0.4 is 0 Å². The van der Waals surface area contributed by atoms with E-state index in [1.54, 1.807) is 0 Å². The Balaban J connectivity index is 1.04. The number of aliphatic hydroxyl groups excluding tert-OH is 8. The fourth-order valence-electron chi connectivity index (χ4n) is 12.7. The zero-order valence-electron chi connectivity index (χ0n) is 31.9. The first-order valence-corrected chi connectivity index (χ1v) is 20.3. The number of fused-ring (bicyclic) bond motifs is 7. The number of ether oxygens (including phenoxy) is 5. The number of hydrogen-bond acceptors (Lipinski definition) is 14. The molecule has 0 radical (unpaired) electrons. The molecule has 7 fully saturated rings. The number of hydrogen-bond donors (Lipinski definition) is 9. The molecule has 0 amide bonds. The average molecular weight is 759 g/mol. The third-order valence-corrected chi connectivity index (χ3v) is 15.7. The van der Waals surface area contributed by atoms with Crippen molar-refractivity contribution in [3.8, 4) is 0 Å². The van der Waals surface area contributed by atoms with Gasteiger partial charge in [0, 0.05) is 18.3 Å². The molecule has 0 aromatic heterocycles. The summed E-state index contributed by atoms with van der Waals surface area (Å²) in [5, 5.41) is 96.3. The van der Waals surface area contributed by atoms with Gasteiger partial charge >= 0.3 is 0 Å². The van der Waals surface area contributed by atoms with Crippen LogP contribution in [-0.2, 0) is 23.7 Å². The van der Waals surface area contributed by atoms with Crippen LogP contribution in [0.4, 0.5) is 0 Å². The van der Waals surface area contributed by atoms with E-state index >= 15 is 0 Å². The van der Waals surface area contributed by atoms with Gasteiger partial charge in [0.05, 0.1) is 31.5 Å². The van der Waals surface area contributed by atoms with Crippen molar-refractivity contribution < 1.29 is 69.6 Å². The molecule has 4 saturated carbocycles. The largest absolute Gasteiger partial charge is 0.394 e. The topological polar surface area (TPSA) is 228 Å². The summed E-state index contributed by atoms with van der Waals surface area (Å²) in [6, 6.07) is 0. The molecule has 1 unspecified atom stereocenters. The van der Waals surface area contributed by atoms with Crippen molar-refractivity contribution in [2.75, 3.05) is 13.2 Å². The van der Waals surface area contributed by atoms with Gasteiger partial charge in [-0.05, 0) is 91.8 Å². The molecule has 14 nitrogen and oxygen atoms in total. The Hall–Kier alpha value is -0.560. The molecule has 3 saturated heterocycles. The highest BCUT2D eigenvalue weighted by Crippen LogP contribution is 2.71. The van der Waals surface area contributed by atoms with Crippen molar-refractivity contribution in [3.63, 3.8) is 0 Å². The summed E-state index contributed by atoms with van der Waals surface area (Å²) in [5.41, 5.74) is -0.117. The molecular weight excluding hydrogens is 692 g/mol. The summed E-state index contributed by atoms with van der Waals surface area (Å²) in [4.78, 5) is 0. The van der Waals surface area contributed by atoms with E-state index in [1.807, 2.05) is 0 Å². The second-order valence-corrected chi connectivity index (χ2v) is 18.8. The molecule has 9 N–H and O–H groups in total. The molecular formula is C39H66O14. The molecule has 0 spiro atoms. The highest BCUT2D eigenvalue weighted by atomic mass is 16.8. The van der Waals surface area contributed by atoms with Gasteiger partial charge in [-0.1, -0.05) is 34.6 Å². The molecule has 22 atom stereocenters. The van der Waals surface area contributed by atoms with Crippen LogP contribution in [0.5, 0.6) is 0 Å². The minimum Gasteiger partial charge on any atom is -0.394 e. The van der Waals surface area contributed by atoms with E-state index < -0.39 is 86.5 Å². The quantitative estimate of drug-likeness (QED) is 0.145. The lowest BCUT2D eigenvalue weighted by Crippen LogP contribution is -2.65. The fraction of sp³-hybridized carbons (Fsp3) is 1.00. The Morgan fingerprint density at radius 1 is 0.717 bits per heavy atom. The van der Waals surface area contributed by atoms with E-state index in [9.17, 15) is 46.0 Å². The van der Waals surface area contributed by atoms with E-state index in [1.165, 1.54) is 0 Å². The summed E-state index contributed by atoms with van der Waals surface area (Å²) < 4.78 is 30.4. The summed E-state index contributed by atoms with van der Waals surface area (Å²) in [6.07, 6.45) is -8.50. The van der Waals surface area contributed by atoms with E-state index in [0.29, 0.717) is 42.9 Å². The zero-order valence-corrected chi connectivity index (χ0v) is 31.9. The van der Waals surface area contributed by atoms with Gasteiger partial charge in [0.15, 0.2) is 18.4 Å². The SMILES string of the molecule is CC(C)CCC1(O)O[C@H]2[C@H](O)[C@H]3[C@@H]4CC[C@@H]5C[C@@H](O[C@@H]6O[C@H](CO)[C@H](O)[C@H](O)[C@H]6O[C@@H]6O[C@H](CO)[C@@H](O)[C@H](O)[C@H]6O)CC[C@]5(C)[C@H]4CC[C@]3(C)[C@H]2[C@@H]1C. The highest BCUT2D eigenvalue weighted by molar-refractivity contribution is 5.18. The second-order valence-electron chi connectivity index (χ2n) is 18.8. The van der Waals surface area contributed by atoms with Gasteiger partial charge in [-0.15, -0.1) is 0 Å². The minimum absolute atomic E-state index is 0.00892. The third-order valence-electron chi connectivity index (χ3n) is 15.7. The molecule has 4 aliphatic carbocycles. The smallest absolute Gasteiger partial charge is 0.187 e. The van der Waals surface area contributed by atoms with Crippen molar-refractivity contribution >= 4 is 0 Å². The van der Waals surface area contributed by atoms with Crippen molar-refractivity contribution in [1.29, 1.82) is 0 Å². The molecule has 14 heteroatoms. The van der Waals surface area contributed by atoms with Gasteiger partial charge in [0.2, 0.25) is 0 Å². The maximum Gasteiger partial charge on any atom is 0.187 e. The third kappa shape index (κ3) is 6.66. The van der Waals surface area contributed by atoms with Gasteiger partial charge in [0.1, 0.15) is 48.8 Å². The Bertz CT molecular complexity index is 1270. The summed E-state index contributed by atoms with van der Waals surface area (Å²) in [7, 11) is 0. The Kier molecular flexibility index (Phi) is 11.5. The lowest BCUT2D eigenvalue weighted by molar-refractivity contribution is -0.373. The van der Waals surface area contributed by atoms with Crippen molar-refractivity contribution in [2.45, 2.75) is 178 Å². The second kappa shape index (κ2) is 15.0. The van der Waals surface area contributed by atoms with Crippen LogP contribution in [-0.4, -0.2) is 145 Å². The lowest BCUT2D eigenvalue weighted by Gasteiger charge is -2.61. The Morgan fingerprint density at radius 3 is 2.02 bits per heavy atom. The molecule has 0 aromatic rings. The first kappa shape index (κ1) is 40.6. The van der Waals surface area contributed by atoms with Crippen LogP contribution in [0.15, 0.2) is 0 Å². The summed E-state index contributed by atoms with van der Waals surface area (Å²) in [5.74, 6) is 0.445. The molecule has 53 heavy (non-hydrogen) atoms. The fourth-order valence-corrected chi connectivity index (χ4v) is 12.7. The van der Waals surface area contributed by atoms with Crippen LogP contribution >= 0.6 is 0 Å². The highest BCUT2D eigenvalue weighted by Gasteiger charge is 2.71. The van der Waals surface area contributed by atoms with Gasteiger partial charge in [-0.2, -0.15) is 0 Å². The summed E-state index contributed by atoms with van der Waals surface area (Å²) >= 11 is 0. The van der Waals surface area contributed by atoms with E-state index in [-0.39, 0.29) is 40.8 Å². The van der Waals surface area contributed by atoms with E-state index in [0.717, 1.165) is 38.5 Å². The monoisotopic (exact) mass is 758 g/mol. The van der Waals surface area contributed by atoms with Crippen molar-refractivity contribution in [3.05, 3.63) is 0 Å². The number of rotatable bonds is 9. The first-order valence-electron chi connectivity index (χ1n) is 20.3. The van der Waals surface area contributed by atoms with Crippen LogP contribution in [0.3, 0.4) is 0 Å². The summed E-state index contributed by atoms with van der Waals surface area (Å²) in [6.45, 7) is 9.90. The molecule has 0 bridgehead atoms. The first-order chi connectivity index (χ1) is 25.0. The Labute approximate surface area is 312 Å². The van der Waals surface area contributed by atoms with Crippen LogP contribution in [0.2, 0.25) is 0 Å². The lowest BCUT2D eigenvalue weighted by atomic mass is 9.44. The normalized spacial score (nSPS) is 56.8. The molecule has 306 valence electrons. The van der Waals surface area contributed by atoms with Crippen molar-refractivity contribution in [1.82, 2.24) is 0 Å². The van der Waals surface area contributed by atoms with Gasteiger partial charge in [0.25, 0.3) is 0 Å². The molecule has 3 heterocycles. The van der Waals surface area contributed by atoms with Gasteiger partial charge < -0.3 is 69.6 Å². The van der Waals surface area contributed by atoms with Crippen LogP contribution in [0.25, 0.3) is 0 Å². The van der Waals surface area contributed by atoms with Crippen molar-refractivity contribution in [2.24, 2.45) is 52.3 Å². The molecule has 0 aromatic carbocycles. The van der Waals surface area contributed by atoms with E-state index in [2.05, 4.69) is 34.6 Å². The van der Waals surface area contributed by atoms with Crippen LogP contribution in [0, 0.1) is 52.3 Å².